The molecule has 0 unspecified atom stereocenters. The fraction of sp³-hybridized carbons (Fsp3) is 0.625. The number of rotatable bonds is 9. The molecule has 1 aliphatic rings. The molecule has 0 aliphatic heterocycles. The minimum atomic E-state index is -3.57. The molecule has 1 aliphatic carbocycles. The summed E-state index contributed by atoms with van der Waals surface area (Å²) in [5, 5.41) is 0. The molecule has 20 heavy (non-hydrogen) atoms. The van der Waals surface area contributed by atoms with Gasteiger partial charge in [-0.15, -0.1) is 0 Å². The summed E-state index contributed by atoms with van der Waals surface area (Å²) in [4.78, 5) is 0.247. The Kier molecular flexibility index (Phi) is 5.61. The van der Waals surface area contributed by atoms with Gasteiger partial charge in [0.15, 0.2) is 0 Å². The Morgan fingerprint density at radius 2 is 1.70 bits per heavy atom. The maximum atomic E-state index is 11.9. The van der Waals surface area contributed by atoms with E-state index in [0.717, 1.165) is 24.3 Å². The van der Waals surface area contributed by atoms with Gasteiger partial charge in [0, 0.05) is 0 Å². The Bertz CT molecular complexity index is 501. The fourth-order valence-electron chi connectivity index (χ4n) is 2.24. The Hall–Kier alpha value is -0.870. The third kappa shape index (κ3) is 5.25. The van der Waals surface area contributed by atoms with Crippen LogP contribution >= 0.6 is 0 Å². The van der Waals surface area contributed by atoms with E-state index in [9.17, 15) is 8.42 Å². The number of hydrogen-bond donors (Lipinski definition) is 0. The van der Waals surface area contributed by atoms with E-state index >= 15 is 0 Å². The average Bonchev–Trinajstić information content (AvgIpc) is 3.22. The van der Waals surface area contributed by atoms with Crippen LogP contribution in [0.5, 0.6) is 0 Å². The summed E-state index contributed by atoms with van der Waals surface area (Å²) in [7, 11) is -3.57. The largest absolute Gasteiger partial charge is 0.296 e. The van der Waals surface area contributed by atoms with Gasteiger partial charge in [0.25, 0.3) is 10.1 Å². The van der Waals surface area contributed by atoms with Crippen molar-refractivity contribution < 1.29 is 12.6 Å². The zero-order chi connectivity index (χ0) is 14.4. The minimum Gasteiger partial charge on any atom is -0.266 e. The number of aryl methyl sites for hydroxylation is 1. The van der Waals surface area contributed by atoms with Gasteiger partial charge in [0.2, 0.25) is 0 Å². The molecular formula is C16H24O3S. The molecule has 1 saturated carbocycles. The van der Waals surface area contributed by atoms with E-state index in [-0.39, 0.29) is 4.90 Å². The van der Waals surface area contributed by atoms with Gasteiger partial charge in [-0.1, -0.05) is 56.2 Å². The second-order valence-corrected chi connectivity index (χ2v) is 7.35. The van der Waals surface area contributed by atoms with Crippen LogP contribution in [0.25, 0.3) is 0 Å². The monoisotopic (exact) mass is 296 g/mol. The van der Waals surface area contributed by atoms with E-state index in [2.05, 4.69) is 0 Å². The highest BCUT2D eigenvalue weighted by molar-refractivity contribution is 7.86. The lowest BCUT2D eigenvalue weighted by Gasteiger charge is -2.06. The van der Waals surface area contributed by atoms with Crippen LogP contribution in [0.4, 0.5) is 0 Å². The van der Waals surface area contributed by atoms with Crippen molar-refractivity contribution in [2.75, 3.05) is 6.61 Å². The van der Waals surface area contributed by atoms with Gasteiger partial charge >= 0.3 is 0 Å². The summed E-state index contributed by atoms with van der Waals surface area (Å²) in [6, 6.07) is 6.77. The normalized spacial score (nSPS) is 15.4. The molecule has 0 amide bonds. The van der Waals surface area contributed by atoms with Crippen LogP contribution in [0.15, 0.2) is 29.2 Å². The molecule has 0 heterocycles. The lowest BCUT2D eigenvalue weighted by molar-refractivity contribution is 0.306. The fourth-order valence-corrected chi connectivity index (χ4v) is 3.18. The molecule has 0 bridgehead atoms. The van der Waals surface area contributed by atoms with E-state index in [4.69, 9.17) is 4.18 Å². The van der Waals surface area contributed by atoms with Crippen molar-refractivity contribution in [1.29, 1.82) is 0 Å². The molecule has 112 valence electrons. The van der Waals surface area contributed by atoms with Crippen molar-refractivity contribution in [3.05, 3.63) is 29.8 Å². The zero-order valence-corrected chi connectivity index (χ0v) is 13.0. The maximum Gasteiger partial charge on any atom is 0.296 e. The highest BCUT2D eigenvalue weighted by Gasteiger charge is 2.19. The first-order chi connectivity index (χ1) is 9.58. The highest BCUT2D eigenvalue weighted by Crippen LogP contribution is 2.34. The van der Waals surface area contributed by atoms with Gasteiger partial charge in [0.05, 0.1) is 11.5 Å². The number of hydrogen-bond acceptors (Lipinski definition) is 3. The number of unbranched alkanes of at least 4 members (excludes halogenated alkanes) is 3. The molecule has 1 fully saturated rings. The van der Waals surface area contributed by atoms with Crippen molar-refractivity contribution in [2.45, 2.75) is 56.8 Å². The van der Waals surface area contributed by atoms with Crippen molar-refractivity contribution in [1.82, 2.24) is 0 Å². The molecule has 0 aromatic heterocycles. The van der Waals surface area contributed by atoms with Gasteiger partial charge in [-0.05, 0) is 31.4 Å². The summed E-state index contributed by atoms with van der Waals surface area (Å²) in [6.07, 6.45) is 8.50. The van der Waals surface area contributed by atoms with Crippen LogP contribution < -0.4 is 0 Å². The maximum absolute atomic E-state index is 11.9. The SMILES string of the molecule is Cc1ccc(S(=O)(=O)OCCCCCCC2CC2)cc1. The predicted molar refractivity (Wildman–Crippen MR) is 80.1 cm³/mol. The standard InChI is InChI=1S/C16H24O3S/c1-14-7-11-16(12-8-14)20(17,18)19-13-5-3-2-4-6-15-9-10-15/h7-8,11-12,15H,2-6,9-10,13H2,1H3. The van der Waals surface area contributed by atoms with E-state index < -0.39 is 10.1 Å². The Balaban J connectivity index is 1.63. The first kappa shape index (κ1) is 15.5. The van der Waals surface area contributed by atoms with Crippen molar-refractivity contribution in [2.24, 2.45) is 5.92 Å². The summed E-state index contributed by atoms with van der Waals surface area (Å²) in [5.41, 5.74) is 1.04. The van der Waals surface area contributed by atoms with Crippen LogP contribution in [0.2, 0.25) is 0 Å². The van der Waals surface area contributed by atoms with E-state index in [0.29, 0.717) is 6.61 Å². The molecule has 0 atom stereocenters. The first-order valence-electron chi connectivity index (χ1n) is 7.54. The third-order valence-electron chi connectivity index (χ3n) is 3.75. The molecule has 0 radical (unpaired) electrons. The smallest absolute Gasteiger partial charge is 0.266 e. The van der Waals surface area contributed by atoms with Crippen LogP contribution in [-0.4, -0.2) is 15.0 Å². The topological polar surface area (TPSA) is 43.4 Å². The molecular weight excluding hydrogens is 272 g/mol. The van der Waals surface area contributed by atoms with Gasteiger partial charge in [-0.3, -0.25) is 4.18 Å². The quantitative estimate of drug-likeness (QED) is 0.510. The van der Waals surface area contributed by atoms with E-state index in [1.807, 2.05) is 6.92 Å². The van der Waals surface area contributed by atoms with E-state index in [1.54, 1.807) is 24.3 Å². The molecule has 4 heteroatoms. The lowest BCUT2D eigenvalue weighted by Crippen LogP contribution is -2.07. The van der Waals surface area contributed by atoms with Gasteiger partial charge < -0.3 is 0 Å². The van der Waals surface area contributed by atoms with Gasteiger partial charge in [0.1, 0.15) is 0 Å². The molecule has 1 aromatic carbocycles. The molecule has 0 N–H and O–H groups in total. The summed E-state index contributed by atoms with van der Waals surface area (Å²) in [6.45, 7) is 2.22. The molecule has 0 spiro atoms. The highest BCUT2D eigenvalue weighted by atomic mass is 32.2. The minimum absolute atomic E-state index is 0.247. The van der Waals surface area contributed by atoms with Crippen molar-refractivity contribution in [3.8, 4) is 0 Å². The summed E-state index contributed by atoms with van der Waals surface area (Å²) in [5.74, 6) is 0.994. The number of benzene rings is 1. The predicted octanol–water partition coefficient (Wildman–Crippen LogP) is 4.06. The Labute approximate surface area is 122 Å². The third-order valence-corrected chi connectivity index (χ3v) is 5.08. The zero-order valence-electron chi connectivity index (χ0n) is 12.2. The molecule has 2 rings (SSSR count). The van der Waals surface area contributed by atoms with Gasteiger partial charge in [-0.2, -0.15) is 8.42 Å². The lowest BCUT2D eigenvalue weighted by atomic mass is 10.1. The summed E-state index contributed by atoms with van der Waals surface area (Å²) < 4.78 is 28.9. The molecule has 1 aromatic rings. The second-order valence-electron chi connectivity index (χ2n) is 5.74. The van der Waals surface area contributed by atoms with Crippen molar-refractivity contribution >= 4 is 10.1 Å². The van der Waals surface area contributed by atoms with Crippen molar-refractivity contribution in [3.63, 3.8) is 0 Å². The van der Waals surface area contributed by atoms with E-state index in [1.165, 1.54) is 32.1 Å². The van der Waals surface area contributed by atoms with Crippen LogP contribution in [0.1, 0.15) is 50.5 Å². The van der Waals surface area contributed by atoms with Crippen LogP contribution in [0.3, 0.4) is 0 Å². The molecule has 0 saturated heterocycles. The Morgan fingerprint density at radius 1 is 1.05 bits per heavy atom. The van der Waals surface area contributed by atoms with Crippen LogP contribution in [-0.2, 0) is 14.3 Å². The average molecular weight is 296 g/mol. The first-order valence-corrected chi connectivity index (χ1v) is 8.95. The molecule has 3 nitrogen and oxygen atoms in total. The summed E-state index contributed by atoms with van der Waals surface area (Å²) >= 11 is 0. The second kappa shape index (κ2) is 7.23. The van der Waals surface area contributed by atoms with Crippen LogP contribution in [0, 0.1) is 12.8 Å². The van der Waals surface area contributed by atoms with Gasteiger partial charge in [-0.25, -0.2) is 0 Å². The Morgan fingerprint density at radius 3 is 2.35 bits per heavy atom.